The lowest BCUT2D eigenvalue weighted by atomic mass is 9.80. The molecule has 0 spiro atoms. The fourth-order valence-corrected chi connectivity index (χ4v) is 4.48. The summed E-state index contributed by atoms with van der Waals surface area (Å²) in [4.78, 5) is 0. The van der Waals surface area contributed by atoms with Gasteiger partial charge in [0.15, 0.2) is 0 Å². The second-order valence-electron chi connectivity index (χ2n) is 10.1. The van der Waals surface area contributed by atoms with Gasteiger partial charge in [0.2, 0.25) is 0 Å². The Hall–Kier alpha value is -3.54. The molecule has 0 unspecified atom stereocenters. The molecule has 1 N–H and O–H groups in total. The second-order valence-corrected chi connectivity index (χ2v) is 10.1. The van der Waals surface area contributed by atoms with Gasteiger partial charge >= 0.3 is 7.48 Å². The van der Waals surface area contributed by atoms with E-state index in [9.17, 15) is 5.11 Å². The van der Waals surface area contributed by atoms with Crippen LogP contribution in [-0.2, 0) is 4.65 Å². The normalized spacial score (nSPS) is 12.8. The highest BCUT2D eigenvalue weighted by Gasteiger charge is 2.36. The third-order valence-electron chi connectivity index (χ3n) is 7.20. The minimum absolute atomic E-state index is 0.774. The molecule has 0 bridgehead atoms. The van der Waals surface area contributed by atoms with Gasteiger partial charge in [-0.3, -0.25) is 0 Å². The van der Waals surface area contributed by atoms with Gasteiger partial charge in [-0.05, 0) is 74.6 Å². The third-order valence-corrected chi connectivity index (χ3v) is 7.20. The Kier molecular flexibility index (Phi) is 4.86. The first-order valence-corrected chi connectivity index (χ1v) is 11.8. The molecule has 0 aliphatic heterocycles. The first-order valence-electron chi connectivity index (χ1n) is 11.8. The summed E-state index contributed by atoms with van der Waals surface area (Å²) < 4.78 is 18.5. The summed E-state index contributed by atoms with van der Waals surface area (Å²) in [6.07, 6.45) is 0. The van der Waals surface area contributed by atoms with Crippen LogP contribution in [0.2, 0.25) is 0 Å². The molecule has 0 aliphatic rings. The van der Waals surface area contributed by atoms with Gasteiger partial charge in [0.1, 0.15) is 22.3 Å². The number of para-hydroxylation sites is 1. The topological polar surface area (TPSA) is 55.7 Å². The number of hydrogen-bond acceptors (Lipinski definition) is 4. The van der Waals surface area contributed by atoms with Crippen molar-refractivity contribution in [3.8, 4) is 11.1 Å². The molecule has 0 atom stereocenters. The fourth-order valence-electron chi connectivity index (χ4n) is 4.48. The van der Waals surface area contributed by atoms with Crippen LogP contribution in [0.25, 0.3) is 55.0 Å². The molecule has 6 rings (SSSR count). The molecule has 6 aromatic rings. The van der Waals surface area contributed by atoms with Crippen molar-refractivity contribution in [2.75, 3.05) is 0 Å². The van der Waals surface area contributed by atoms with Gasteiger partial charge < -0.3 is 18.6 Å². The van der Waals surface area contributed by atoms with Crippen molar-refractivity contribution in [3.63, 3.8) is 0 Å². The van der Waals surface area contributed by atoms with Crippen LogP contribution < -0.4 is 5.46 Å². The van der Waals surface area contributed by atoms with Crippen LogP contribution in [0.4, 0.5) is 0 Å². The number of hydrogen-bond donors (Lipinski definition) is 1. The standard InChI is InChI=1S/C30H26BO4/c1-29(2,32)30(3,4)35-31-22-11-8-14-25-28(22)27-19(10-7-13-24(27)34-25)18-15-16-21-20-9-5-6-12-23(20)33-26(21)17-18/h5-17,32H,1-4H3. The Balaban J connectivity index is 1.52. The van der Waals surface area contributed by atoms with E-state index < -0.39 is 11.2 Å². The highest BCUT2D eigenvalue weighted by Crippen LogP contribution is 2.38. The van der Waals surface area contributed by atoms with Crippen molar-refractivity contribution < 1.29 is 18.6 Å². The van der Waals surface area contributed by atoms with Gasteiger partial charge in [-0.2, -0.15) is 0 Å². The van der Waals surface area contributed by atoms with Crippen molar-refractivity contribution >= 4 is 56.8 Å². The Bertz CT molecular complexity index is 1720. The number of furan rings is 2. The van der Waals surface area contributed by atoms with Crippen molar-refractivity contribution in [1.82, 2.24) is 0 Å². The molecule has 0 fully saturated rings. The Morgan fingerprint density at radius 2 is 1.34 bits per heavy atom. The van der Waals surface area contributed by atoms with E-state index in [0.717, 1.165) is 60.5 Å². The number of fused-ring (bicyclic) bond motifs is 6. The lowest BCUT2D eigenvalue weighted by Crippen LogP contribution is -2.49. The van der Waals surface area contributed by atoms with E-state index in [1.54, 1.807) is 21.3 Å². The SMILES string of the molecule is CC(C)(O)C(C)(C)O[B]c1cccc2oc3cccc(-c4ccc5c(c4)oc4ccccc45)c3c12. The van der Waals surface area contributed by atoms with Crippen LogP contribution >= 0.6 is 0 Å². The van der Waals surface area contributed by atoms with Crippen LogP contribution in [-0.4, -0.2) is 23.8 Å². The molecule has 0 saturated carbocycles. The molecular weight excluding hydrogens is 435 g/mol. The monoisotopic (exact) mass is 461 g/mol. The first-order chi connectivity index (χ1) is 16.7. The van der Waals surface area contributed by atoms with E-state index >= 15 is 0 Å². The molecule has 0 amide bonds. The van der Waals surface area contributed by atoms with E-state index in [2.05, 4.69) is 30.3 Å². The quantitative estimate of drug-likeness (QED) is 0.282. The summed E-state index contributed by atoms with van der Waals surface area (Å²) in [5, 5.41) is 14.7. The molecule has 0 aliphatic carbocycles. The van der Waals surface area contributed by atoms with Crippen LogP contribution in [0.5, 0.6) is 0 Å². The number of benzene rings is 4. The van der Waals surface area contributed by atoms with Crippen molar-refractivity contribution in [1.29, 1.82) is 0 Å². The lowest BCUT2D eigenvalue weighted by molar-refractivity contribution is -0.0893. The molecule has 2 aromatic heterocycles. The smallest absolute Gasteiger partial charge is 0.331 e. The van der Waals surface area contributed by atoms with E-state index in [0.29, 0.717) is 0 Å². The fraction of sp³-hybridized carbons (Fsp3) is 0.200. The van der Waals surface area contributed by atoms with Crippen molar-refractivity contribution in [2.24, 2.45) is 0 Å². The van der Waals surface area contributed by atoms with Gasteiger partial charge in [-0.25, -0.2) is 0 Å². The minimum atomic E-state index is -1.01. The van der Waals surface area contributed by atoms with Crippen LogP contribution in [0, 0.1) is 0 Å². The van der Waals surface area contributed by atoms with Crippen LogP contribution in [0.3, 0.4) is 0 Å². The van der Waals surface area contributed by atoms with Crippen molar-refractivity contribution in [2.45, 2.75) is 38.9 Å². The second kappa shape index (κ2) is 7.74. The van der Waals surface area contributed by atoms with Crippen molar-refractivity contribution in [3.05, 3.63) is 78.9 Å². The third kappa shape index (κ3) is 3.54. The van der Waals surface area contributed by atoms with E-state index in [1.807, 2.05) is 62.4 Å². The molecule has 0 saturated heterocycles. The maximum Gasteiger partial charge on any atom is 0.331 e. The highest BCUT2D eigenvalue weighted by molar-refractivity contribution is 6.53. The zero-order valence-corrected chi connectivity index (χ0v) is 20.3. The summed E-state index contributed by atoms with van der Waals surface area (Å²) in [5.41, 5.74) is 4.57. The van der Waals surface area contributed by atoms with Gasteiger partial charge in [-0.15, -0.1) is 0 Å². The predicted octanol–water partition coefficient (Wildman–Crippen LogP) is 6.96. The van der Waals surface area contributed by atoms with E-state index in [-0.39, 0.29) is 0 Å². The summed E-state index contributed by atoms with van der Waals surface area (Å²) in [6, 6.07) is 26.5. The number of aliphatic hydroxyl groups is 1. The molecule has 1 radical (unpaired) electrons. The summed E-state index contributed by atoms with van der Waals surface area (Å²) in [5.74, 6) is 0. The lowest BCUT2D eigenvalue weighted by Gasteiger charge is -2.37. The summed E-state index contributed by atoms with van der Waals surface area (Å²) in [7, 11) is 1.73. The highest BCUT2D eigenvalue weighted by atomic mass is 16.5. The summed E-state index contributed by atoms with van der Waals surface area (Å²) >= 11 is 0. The number of rotatable bonds is 5. The van der Waals surface area contributed by atoms with E-state index in [1.165, 1.54) is 0 Å². The maximum absolute atomic E-state index is 10.5. The van der Waals surface area contributed by atoms with Gasteiger partial charge in [0, 0.05) is 21.5 Å². The zero-order valence-electron chi connectivity index (χ0n) is 20.3. The van der Waals surface area contributed by atoms with Gasteiger partial charge in [-0.1, -0.05) is 48.5 Å². The Morgan fingerprint density at radius 3 is 2.14 bits per heavy atom. The van der Waals surface area contributed by atoms with Crippen LogP contribution in [0.15, 0.2) is 87.7 Å². The molecule has 5 heteroatoms. The average Bonchev–Trinajstić information content (AvgIpc) is 3.40. The van der Waals surface area contributed by atoms with Gasteiger partial charge in [0.25, 0.3) is 0 Å². The zero-order chi connectivity index (χ0) is 24.4. The van der Waals surface area contributed by atoms with Crippen LogP contribution in [0.1, 0.15) is 27.7 Å². The van der Waals surface area contributed by atoms with E-state index in [4.69, 9.17) is 13.5 Å². The average molecular weight is 461 g/mol. The molecule has 4 aromatic carbocycles. The maximum atomic E-state index is 10.5. The minimum Gasteiger partial charge on any atom is -0.456 e. The molecule has 35 heavy (non-hydrogen) atoms. The van der Waals surface area contributed by atoms with Gasteiger partial charge in [0.05, 0.1) is 11.2 Å². The largest absolute Gasteiger partial charge is 0.456 e. The Morgan fingerprint density at radius 1 is 0.686 bits per heavy atom. The Labute approximate surface area is 204 Å². The molecular formula is C30H26BO4. The molecule has 2 heterocycles. The first kappa shape index (κ1) is 22.0. The molecule has 4 nitrogen and oxygen atoms in total. The predicted molar refractivity (Wildman–Crippen MR) is 143 cm³/mol. The molecule has 173 valence electrons. The summed E-state index contributed by atoms with van der Waals surface area (Å²) in [6.45, 7) is 7.26.